The lowest BCUT2D eigenvalue weighted by Gasteiger charge is -2.23. The maximum absolute atomic E-state index is 13.3. The summed E-state index contributed by atoms with van der Waals surface area (Å²) in [4.78, 5) is 16.1. The number of sulfonamides is 1. The highest BCUT2D eigenvalue weighted by Gasteiger charge is 2.33. The summed E-state index contributed by atoms with van der Waals surface area (Å²) in [6, 6.07) is 14.2. The van der Waals surface area contributed by atoms with Gasteiger partial charge in [0.2, 0.25) is 0 Å². The fourth-order valence-electron chi connectivity index (χ4n) is 3.31. The minimum absolute atomic E-state index is 0.0389. The maximum atomic E-state index is 13.3. The van der Waals surface area contributed by atoms with Gasteiger partial charge in [-0.2, -0.15) is 13.2 Å². The van der Waals surface area contributed by atoms with E-state index in [2.05, 4.69) is 10.3 Å². The van der Waals surface area contributed by atoms with Crippen LogP contribution >= 0.6 is 0 Å². The summed E-state index contributed by atoms with van der Waals surface area (Å²) in [5.74, 6) is -0.588. The van der Waals surface area contributed by atoms with Crippen LogP contribution in [0.4, 0.5) is 24.5 Å². The van der Waals surface area contributed by atoms with Gasteiger partial charge in [-0.3, -0.25) is 9.10 Å². The number of rotatable bonds is 7. The number of carbonyl (C=O) groups excluding carboxylic acids is 1. The Morgan fingerprint density at radius 3 is 2.32 bits per heavy atom. The molecule has 1 N–H and O–H groups in total. The van der Waals surface area contributed by atoms with E-state index in [9.17, 15) is 26.4 Å². The topological polar surface area (TPSA) is 88.6 Å². The molecule has 0 aliphatic carbocycles. The number of hydrogen-bond donors (Lipinski definition) is 1. The van der Waals surface area contributed by atoms with Gasteiger partial charge in [0.25, 0.3) is 15.9 Å². The predicted molar refractivity (Wildman–Crippen MR) is 122 cm³/mol. The normalized spacial score (nSPS) is 11.7. The summed E-state index contributed by atoms with van der Waals surface area (Å²) in [6.45, 7) is 3.13. The van der Waals surface area contributed by atoms with Gasteiger partial charge in [-0.05, 0) is 56.3 Å². The minimum atomic E-state index is -4.64. The fraction of sp³-hybridized carbons (Fsp3) is 0.217. The van der Waals surface area contributed by atoms with Crippen molar-refractivity contribution in [2.24, 2.45) is 0 Å². The van der Waals surface area contributed by atoms with Crippen molar-refractivity contribution in [1.29, 1.82) is 0 Å². The van der Waals surface area contributed by atoms with Crippen molar-refractivity contribution in [2.75, 3.05) is 23.3 Å². The first-order chi connectivity index (χ1) is 16.0. The van der Waals surface area contributed by atoms with E-state index in [1.807, 2.05) is 0 Å². The van der Waals surface area contributed by atoms with Crippen molar-refractivity contribution in [1.82, 2.24) is 4.98 Å². The number of nitrogens with zero attached hydrogens (tertiary/aromatic N) is 2. The summed E-state index contributed by atoms with van der Waals surface area (Å²) in [6.07, 6.45) is -4.64. The van der Waals surface area contributed by atoms with Crippen LogP contribution in [0.1, 0.15) is 28.7 Å². The van der Waals surface area contributed by atoms with E-state index in [0.29, 0.717) is 11.8 Å². The van der Waals surface area contributed by atoms with Crippen molar-refractivity contribution < 1.29 is 31.1 Å². The summed E-state index contributed by atoms with van der Waals surface area (Å²) >= 11 is 0. The largest absolute Gasteiger partial charge is 0.495 e. The fourth-order valence-corrected chi connectivity index (χ4v) is 4.81. The zero-order chi connectivity index (χ0) is 25.1. The van der Waals surface area contributed by atoms with E-state index in [4.69, 9.17) is 4.74 Å². The number of ether oxygens (including phenoxy) is 1. The van der Waals surface area contributed by atoms with Crippen LogP contribution in [-0.2, 0) is 16.2 Å². The van der Waals surface area contributed by atoms with Gasteiger partial charge in [0.05, 0.1) is 34.6 Å². The number of pyridine rings is 1. The average Bonchev–Trinajstić information content (AvgIpc) is 2.79. The summed E-state index contributed by atoms with van der Waals surface area (Å²) in [7, 11) is -2.65. The van der Waals surface area contributed by atoms with Crippen molar-refractivity contribution in [3.8, 4) is 5.75 Å². The van der Waals surface area contributed by atoms with Crippen molar-refractivity contribution in [2.45, 2.75) is 24.9 Å². The van der Waals surface area contributed by atoms with E-state index in [-0.39, 0.29) is 34.1 Å². The highest BCUT2D eigenvalue weighted by atomic mass is 32.2. The Morgan fingerprint density at radius 1 is 1.09 bits per heavy atom. The molecule has 3 aromatic rings. The van der Waals surface area contributed by atoms with Gasteiger partial charge in [-0.1, -0.05) is 18.2 Å². The first kappa shape index (κ1) is 25.0. The average molecular weight is 494 g/mol. The molecule has 1 heterocycles. The Bertz CT molecular complexity index is 1300. The van der Waals surface area contributed by atoms with Crippen LogP contribution in [-0.4, -0.2) is 33.0 Å². The molecule has 0 bridgehead atoms. The molecule has 0 radical (unpaired) electrons. The molecule has 1 aromatic heterocycles. The summed E-state index contributed by atoms with van der Waals surface area (Å²) < 4.78 is 71.7. The zero-order valence-electron chi connectivity index (χ0n) is 18.6. The quantitative estimate of drug-likeness (QED) is 0.507. The van der Waals surface area contributed by atoms with Gasteiger partial charge in [0.1, 0.15) is 11.4 Å². The Balaban J connectivity index is 1.97. The van der Waals surface area contributed by atoms with E-state index < -0.39 is 27.8 Å². The zero-order valence-corrected chi connectivity index (χ0v) is 19.4. The second-order valence-electron chi connectivity index (χ2n) is 7.15. The SMILES string of the molecule is CCN(c1ccccc1)S(=O)(=O)c1ccc(OC)c(NC(=O)c2ccc(C(F)(F)F)nc2C)c1. The van der Waals surface area contributed by atoms with E-state index in [1.54, 1.807) is 37.3 Å². The number of hydrogen-bond acceptors (Lipinski definition) is 5. The van der Waals surface area contributed by atoms with Gasteiger partial charge in [-0.15, -0.1) is 0 Å². The van der Waals surface area contributed by atoms with Crippen LogP contribution in [0.2, 0.25) is 0 Å². The van der Waals surface area contributed by atoms with E-state index in [0.717, 1.165) is 6.07 Å². The number of para-hydroxylation sites is 1. The molecule has 0 spiro atoms. The number of halogens is 3. The number of alkyl halides is 3. The number of anilines is 2. The monoisotopic (exact) mass is 493 g/mol. The Morgan fingerprint density at radius 2 is 1.76 bits per heavy atom. The molecule has 3 rings (SSSR count). The third kappa shape index (κ3) is 5.14. The minimum Gasteiger partial charge on any atom is -0.495 e. The molecule has 180 valence electrons. The van der Waals surface area contributed by atoms with Crippen molar-refractivity contribution in [3.63, 3.8) is 0 Å². The molecule has 0 fully saturated rings. The first-order valence-corrected chi connectivity index (χ1v) is 11.5. The molecule has 7 nitrogen and oxygen atoms in total. The number of carbonyl (C=O) groups is 1. The van der Waals surface area contributed by atoms with Crippen LogP contribution in [0.5, 0.6) is 5.75 Å². The molecule has 1 amide bonds. The lowest BCUT2D eigenvalue weighted by atomic mass is 10.1. The molecule has 0 saturated carbocycles. The maximum Gasteiger partial charge on any atom is 0.433 e. The van der Waals surface area contributed by atoms with E-state index >= 15 is 0 Å². The molecular formula is C23H22F3N3O4S. The third-order valence-corrected chi connectivity index (χ3v) is 6.86. The van der Waals surface area contributed by atoms with Gasteiger partial charge in [0, 0.05) is 6.54 Å². The van der Waals surface area contributed by atoms with Gasteiger partial charge >= 0.3 is 6.18 Å². The highest BCUT2D eigenvalue weighted by Crippen LogP contribution is 2.32. The molecule has 34 heavy (non-hydrogen) atoms. The molecule has 11 heteroatoms. The Kier molecular flexibility index (Phi) is 7.15. The summed E-state index contributed by atoms with van der Waals surface area (Å²) in [5.41, 5.74) is -0.832. The Labute approximate surface area is 195 Å². The van der Waals surface area contributed by atoms with E-state index in [1.165, 1.54) is 36.5 Å². The predicted octanol–water partition coefficient (Wildman–Crippen LogP) is 4.88. The second kappa shape index (κ2) is 9.72. The van der Waals surface area contributed by atoms with Crippen LogP contribution in [0, 0.1) is 6.92 Å². The van der Waals surface area contributed by atoms with Gasteiger partial charge < -0.3 is 10.1 Å². The number of nitrogens with one attached hydrogen (secondary N) is 1. The number of aromatic nitrogens is 1. The molecule has 0 saturated heterocycles. The third-order valence-electron chi connectivity index (χ3n) is 4.96. The highest BCUT2D eigenvalue weighted by molar-refractivity contribution is 7.92. The van der Waals surface area contributed by atoms with Gasteiger partial charge in [-0.25, -0.2) is 13.4 Å². The molecule has 0 aliphatic rings. The molecule has 0 aliphatic heterocycles. The molecule has 2 aromatic carbocycles. The standard InChI is InChI=1S/C23H22F3N3O4S/c1-4-29(16-8-6-5-7-9-16)34(31,32)17-10-12-20(33-3)19(14-17)28-22(30)18-11-13-21(23(24,25)26)27-15(18)2/h5-14H,4H2,1-3H3,(H,28,30). The van der Waals surface area contributed by atoms with Crippen LogP contribution in [0.15, 0.2) is 65.6 Å². The molecule has 0 unspecified atom stereocenters. The number of amides is 1. The van der Waals surface area contributed by atoms with Crippen LogP contribution < -0.4 is 14.4 Å². The van der Waals surface area contributed by atoms with Crippen LogP contribution in [0.3, 0.4) is 0 Å². The lowest BCUT2D eigenvalue weighted by molar-refractivity contribution is -0.141. The lowest BCUT2D eigenvalue weighted by Crippen LogP contribution is -2.30. The summed E-state index contributed by atoms with van der Waals surface area (Å²) in [5, 5.41) is 2.52. The van der Waals surface area contributed by atoms with Crippen molar-refractivity contribution in [3.05, 3.63) is 77.6 Å². The Hall–Kier alpha value is -3.60. The van der Waals surface area contributed by atoms with Crippen LogP contribution in [0.25, 0.3) is 0 Å². The smallest absolute Gasteiger partial charge is 0.433 e. The van der Waals surface area contributed by atoms with Gasteiger partial charge in [0.15, 0.2) is 0 Å². The molecular weight excluding hydrogens is 471 g/mol. The first-order valence-electron chi connectivity index (χ1n) is 10.1. The number of aryl methyl sites for hydroxylation is 1. The van der Waals surface area contributed by atoms with Crippen molar-refractivity contribution >= 4 is 27.3 Å². The second-order valence-corrected chi connectivity index (χ2v) is 9.01. The molecule has 0 atom stereocenters. The number of methoxy groups -OCH3 is 1. The number of benzene rings is 2.